The lowest BCUT2D eigenvalue weighted by atomic mass is 9.93. The van der Waals surface area contributed by atoms with Gasteiger partial charge in [0.25, 0.3) is 0 Å². The molecule has 0 aromatic carbocycles. The molecule has 0 N–H and O–H groups in total. The Kier molecular flexibility index (Phi) is 1.61. The topological polar surface area (TPSA) is 27.0 Å². The van der Waals surface area contributed by atoms with Crippen molar-refractivity contribution < 1.29 is 0 Å². The molecular formula is C9H14N2. The van der Waals surface area contributed by atoms with Gasteiger partial charge in [-0.05, 0) is 32.7 Å². The molecule has 2 aliphatic heterocycles. The third-order valence-electron chi connectivity index (χ3n) is 3.28. The van der Waals surface area contributed by atoms with Gasteiger partial charge < -0.3 is 4.90 Å². The predicted octanol–water partition coefficient (Wildman–Crippen LogP) is 1.38. The molecule has 0 aliphatic carbocycles. The van der Waals surface area contributed by atoms with E-state index in [0.29, 0.717) is 5.92 Å². The van der Waals surface area contributed by atoms with Crippen LogP contribution in [0.1, 0.15) is 25.7 Å². The number of hydrogen-bond donors (Lipinski definition) is 0. The molecule has 11 heavy (non-hydrogen) atoms. The Morgan fingerprint density at radius 3 is 2.27 bits per heavy atom. The lowest BCUT2D eigenvalue weighted by Crippen LogP contribution is -2.39. The van der Waals surface area contributed by atoms with Crippen molar-refractivity contribution in [2.45, 2.75) is 37.8 Å². The van der Waals surface area contributed by atoms with E-state index in [1.807, 2.05) is 0 Å². The zero-order chi connectivity index (χ0) is 7.84. The summed E-state index contributed by atoms with van der Waals surface area (Å²) >= 11 is 0. The number of hydrogen-bond acceptors (Lipinski definition) is 2. The number of fused-ring (bicyclic) bond motifs is 2. The summed E-state index contributed by atoms with van der Waals surface area (Å²) in [7, 11) is 2.20. The van der Waals surface area contributed by atoms with Crippen molar-refractivity contribution in [1.29, 1.82) is 5.26 Å². The van der Waals surface area contributed by atoms with E-state index in [2.05, 4.69) is 18.0 Å². The normalized spacial score (nSPS) is 43.8. The van der Waals surface area contributed by atoms with E-state index >= 15 is 0 Å². The van der Waals surface area contributed by atoms with E-state index in [1.165, 1.54) is 12.8 Å². The summed E-state index contributed by atoms with van der Waals surface area (Å²) in [5, 5.41) is 8.77. The Balaban J connectivity index is 2.09. The summed E-state index contributed by atoms with van der Waals surface area (Å²) in [6.45, 7) is 0. The molecule has 0 amide bonds. The van der Waals surface area contributed by atoms with Crippen LogP contribution in [0.3, 0.4) is 0 Å². The second-order valence-electron chi connectivity index (χ2n) is 3.85. The highest BCUT2D eigenvalue weighted by atomic mass is 15.2. The molecule has 2 heteroatoms. The van der Waals surface area contributed by atoms with Gasteiger partial charge in [-0.3, -0.25) is 0 Å². The molecule has 2 nitrogen and oxygen atoms in total. The molecule has 0 radical (unpaired) electrons. The summed E-state index contributed by atoms with van der Waals surface area (Å²) in [5.74, 6) is 0.351. The fraction of sp³-hybridized carbons (Fsp3) is 0.889. The molecule has 2 rings (SSSR count). The van der Waals surface area contributed by atoms with Crippen molar-refractivity contribution in [3.63, 3.8) is 0 Å². The number of rotatable bonds is 0. The minimum Gasteiger partial charge on any atom is -0.300 e. The van der Waals surface area contributed by atoms with Crippen LogP contribution in [-0.4, -0.2) is 24.0 Å². The Morgan fingerprint density at radius 1 is 1.27 bits per heavy atom. The quantitative estimate of drug-likeness (QED) is 0.521. The number of nitrogens with zero attached hydrogens (tertiary/aromatic N) is 2. The fourth-order valence-corrected chi connectivity index (χ4v) is 2.52. The summed E-state index contributed by atoms with van der Waals surface area (Å²) in [4.78, 5) is 2.47. The van der Waals surface area contributed by atoms with E-state index in [-0.39, 0.29) is 0 Å². The summed E-state index contributed by atoms with van der Waals surface area (Å²) in [6, 6.07) is 3.84. The van der Waals surface area contributed by atoms with Crippen molar-refractivity contribution in [2.24, 2.45) is 5.92 Å². The van der Waals surface area contributed by atoms with Crippen LogP contribution < -0.4 is 0 Å². The first-order chi connectivity index (χ1) is 5.31. The number of nitriles is 1. The predicted molar refractivity (Wildman–Crippen MR) is 42.9 cm³/mol. The second kappa shape index (κ2) is 2.49. The molecule has 60 valence electrons. The van der Waals surface area contributed by atoms with Gasteiger partial charge in [0.1, 0.15) is 0 Å². The second-order valence-corrected chi connectivity index (χ2v) is 3.85. The zero-order valence-corrected chi connectivity index (χ0v) is 6.95. The van der Waals surface area contributed by atoms with Gasteiger partial charge in [0.15, 0.2) is 0 Å². The molecular weight excluding hydrogens is 136 g/mol. The lowest BCUT2D eigenvalue weighted by molar-refractivity contribution is 0.154. The van der Waals surface area contributed by atoms with Crippen LogP contribution in [0, 0.1) is 17.2 Å². The maximum absolute atomic E-state index is 8.77. The molecule has 0 spiro atoms. The lowest BCUT2D eigenvalue weighted by Gasteiger charge is -2.33. The molecule has 0 aromatic rings. The van der Waals surface area contributed by atoms with Crippen LogP contribution in [-0.2, 0) is 0 Å². The Labute approximate surface area is 67.8 Å². The minimum atomic E-state index is 0.351. The van der Waals surface area contributed by atoms with Gasteiger partial charge in [0, 0.05) is 18.0 Å². The highest BCUT2D eigenvalue weighted by molar-refractivity contribution is 4.99. The maximum Gasteiger partial charge on any atom is 0.0657 e. The average molecular weight is 150 g/mol. The van der Waals surface area contributed by atoms with Gasteiger partial charge in [-0.2, -0.15) is 5.26 Å². The summed E-state index contributed by atoms with van der Waals surface area (Å²) < 4.78 is 0. The van der Waals surface area contributed by atoms with Gasteiger partial charge in [0.2, 0.25) is 0 Å². The fourth-order valence-electron chi connectivity index (χ4n) is 2.52. The van der Waals surface area contributed by atoms with Gasteiger partial charge in [-0.1, -0.05) is 0 Å². The monoisotopic (exact) mass is 150 g/mol. The largest absolute Gasteiger partial charge is 0.300 e. The first-order valence-electron chi connectivity index (χ1n) is 4.43. The molecule has 3 atom stereocenters. The standard InChI is InChI=1S/C9H14N2/c1-11-8-2-3-9(11)5-7(4-8)6-10/h7-9H,2-5H2,1H3/t7-,8-,9+. The van der Waals surface area contributed by atoms with Crippen molar-refractivity contribution >= 4 is 0 Å². The molecule has 2 saturated heterocycles. The van der Waals surface area contributed by atoms with Crippen LogP contribution in [0.5, 0.6) is 0 Å². The zero-order valence-electron chi connectivity index (χ0n) is 6.95. The molecule has 0 aromatic heterocycles. The van der Waals surface area contributed by atoms with Gasteiger partial charge >= 0.3 is 0 Å². The van der Waals surface area contributed by atoms with Crippen LogP contribution >= 0.6 is 0 Å². The third-order valence-corrected chi connectivity index (χ3v) is 3.28. The van der Waals surface area contributed by atoms with Crippen LogP contribution in [0.4, 0.5) is 0 Å². The SMILES string of the molecule is CN1[C@@H]2CC[C@H]1C[C@H](C#N)C2. The highest BCUT2D eigenvalue weighted by Gasteiger charge is 2.38. The van der Waals surface area contributed by atoms with Crippen LogP contribution in [0.25, 0.3) is 0 Å². The Bertz CT molecular complexity index is 180. The molecule has 0 saturated carbocycles. The van der Waals surface area contributed by atoms with Crippen LogP contribution in [0.2, 0.25) is 0 Å². The van der Waals surface area contributed by atoms with E-state index in [4.69, 9.17) is 5.26 Å². The molecule has 2 aliphatic rings. The van der Waals surface area contributed by atoms with Crippen molar-refractivity contribution in [2.75, 3.05) is 7.05 Å². The summed E-state index contributed by atoms with van der Waals surface area (Å²) in [5.41, 5.74) is 0. The van der Waals surface area contributed by atoms with Gasteiger partial charge in [-0.25, -0.2) is 0 Å². The van der Waals surface area contributed by atoms with E-state index in [1.54, 1.807) is 0 Å². The minimum absolute atomic E-state index is 0.351. The van der Waals surface area contributed by atoms with E-state index < -0.39 is 0 Å². The Morgan fingerprint density at radius 2 is 1.82 bits per heavy atom. The molecule has 2 fully saturated rings. The van der Waals surface area contributed by atoms with E-state index in [0.717, 1.165) is 24.9 Å². The highest BCUT2D eigenvalue weighted by Crippen LogP contribution is 2.36. The Hall–Kier alpha value is -0.550. The van der Waals surface area contributed by atoms with Crippen LogP contribution in [0.15, 0.2) is 0 Å². The first kappa shape index (κ1) is 7.12. The van der Waals surface area contributed by atoms with Gasteiger partial charge in [-0.15, -0.1) is 0 Å². The molecule has 2 heterocycles. The average Bonchev–Trinajstić information content (AvgIpc) is 2.26. The maximum atomic E-state index is 8.77. The van der Waals surface area contributed by atoms with Crippen molar-refractivity contribution in [1.82, 2.24) is 4.90 Å². The van der Waals surface area contributed by atoms with Crippen molar-refractivity contribution in [3.8, 4) is 6.07 Å². The smallest absolute Gasteiger partial charge is 0.0657 e. The van der Waals surface area contributed by atoms with Gasteiger partial charge in [0.05, 0.1) is 6.07 Å². The first-order valence-corrected chi connectivity index (χ1v) is 4.43. The third kappa shape index (κ3) is 1.04. The molecule has 2 bridgehead atoms. The van der Waals surface area contributed by atoms with E-state index in [9.17, 15) is 0 Å². The van der Waals surface area contributed by atoms with Crippen molar-refractivity contribution in [3.05, 3.63) is 0 Å². The number of piperidine rings is 1. The molecule has 0 unspecified atom stereocenters. The summed E-state index contributed by atoms with van der Waals surface area (Å²) in [6.07, 6.45) is 4.87.